The first kappa shape index (κ1) is 17.8. The summed E-state index contributed by atoms with van der Waals surface area (Å²) in [7, 11) is 1.57. The van der Waals surface area contributed by atoms with Crippen LogP contribution in [0.1, 0.15) is 38.2 Å². The molecule has 1 rings (SSSR count). The Labute approximate surface area is 130 Å². The number of carboxylic acids is 1. The number of aliphatic carboxylic acids is 1. The molecule has 0 heterocycles. The molecule has 0 aromatic heterocycles. The quantitative estimate of drug-likeness (QED) is 0.648. The summed E-state index contributed by atoms with van der Waals surface area (Å²) in [6.07, 6.45) is 1.84. The molecule has 0 unspecified atom stereocenters. The second-order valence-electron chi connectivity index (χ2n) is 4.86. The van der Waals surface area contributed by atoms with Gasteiger partial charge in [0.2, 0.25) is 5.91 Å². The summed E-state index contributed by atoms with van der Waals surface area (Å²) in [6.45, 7) is 3.05. The maximum Gasteiger partial charge on any atom is 0.303 e. The molecule has 22 heavy (non-hydrogen) atoms. The molecule has 0 aliphatic heterocycles. The molecule has 0 saturated carbocycles. The first-order chi connectivity index (χ1) is 10.6. The number of rotatable bonds is 10. The summed E-state index contributed by atoms with van der Waals surface area (Å²) in [5, 5.41) is 11.2. The summed E-state index contributed by atoms with van der Waals surface area (Å²) < 4.78 is 10.9. The first-order valence-electron chi connectivity index (χ1n) is 7.35. The molecule has 1 amide bonds. The number of carbonyl (C=O) groups excluding carboxylic acids is 1. The lowest BCUT2D eigenvalue weighted by molar-refractivity contribution is -0.138. The molecule has 0 bridgehead atoms. The van der Waals surface area contributed by atoms with Crippen LogP contribution in [0.5, 0.6) is 11.5 Å². The minimum absolute atomic E-state index is 0.0231. The van der Waals surface area contributed by atoms with E-state index in [4.69, 9.17) is 14.6 Å². The van der Waals surface area contributed by atoms with Crippen LogP contribution in [0.2, 0.25) is 0 Å². The average molecular weight is 309 g/mol. The van der Waals surface area contributed by atoms with Gasteiger partial charge in [-0.05, 0) is 24.1 Å². The van der Waals surface area contributed by atoms with E-state index >= 15 is 0 Å². The fourth-order valence-corrected chi connectivity index (χ4v) is 1.78. The number of hydrogen-bond donors (Lipinski definition) is 2. The van der Waals surface area contributed by atoms with Crippen LogP contribution >= 0.6 is 0 Å². The largest absolute Gasteiger partial charge is 0.493 e. The van der Waals surface area contributed by atoms with Crippen molar-refractivity contribution in [3.05, 3.63) is 23.8 Å². The molecule has 6 heteroatoms. The van der Waals surface area contributed by atoms with Crippen molar-refractivity contribution in [1.29, 1.82) is 0 Å². The minimum Gasteiger partial charge on any atom is -0.493 e. The van der Waals surface area contributed by atoms with Gasteiger partial charge in [0, 0.05) is 13.0 Å². The Balaban J connectivity index is 2.54. The lowest BCUT2D eigenvalue weighted by Gasteiger charge is -2.12. The van der Waals surface area contributed by atoms with Crippen LogP contribution in [-0.4, -0.2) is 30.7 Å². The molecule has 2 N–H and O–H groups in total. The summed E-state index contributed by atoms with van der Waals surface area (Å²) in [6, 6.07) is 5.47. The molecule has 0 aliphatic carbocycles. The van der Waals surface area contributed by atoms with E-state index in [1.165, 1.54) is 0 Å². The fourth-order valence-electron chi connectivity index (χ4n) is 1.78. The van der Waals surface area contributed by atoms with E-state index in [1.54, 1.807) is 13.2 Å². The number of benzene rings is 1. The summed E-state index contributed by atoms with van der Waals surface area (Å²) >= 11 is 0. The number of amides is 1. The van der Waals surface area contributed by atoms with E-state index in [9.17, 15) is 9.59 Å². The van der Waals surface area contributed by atoms with E-state index in [2.05, 4.69) is 12.2 Å². The van der Waals surface area contributed by atoms with Crippen LogP contribution in [0.3, 0.4) is 0 Å². The van der Waals surface area contributed by atoms with Gasteiger partial charge in [-0.25, -0.2) is 0 Å². The number of carbonyl (C=O) groups is 2. The Morgan fingerprint density at radius 1 is 1.23 bits per heavy atom. The number of unbranched alkanes of at least 4 members (excludes halogenated alkanes) is 1. The SMILES string of the molecule is CCCCOc1ccc(CNC(=O)CCC(=O)O)cc1OC. The summed E-state index contributed by atoms with van der Waals surface area (Å²) in [4.78, 5) is 21.9. The standard InChI is InChI=1S/C16H23NO5/c1-3-4-9-22-13-6-5-12(10-14(13)21-2)11-17-15(18)7-8-16(19)20/h5-6,10H,3-4,7-9,11H2,1-2H3,(H,17,18)(H,19,20). The number of hydrogen-bond acceptors (Lipinski definition) is 4. The maximum atomic E-state index is 11.5. The summed E-state index contributed by atoms with van der Waals surface area (Å²) in [5.74, 6) is 0.0281. The van der Waals surface area contributed by atoms with Crippen molar-refractivity contribution in [2.75, 3.05) is 13.7 Å². The molecule has 0 radical (unpaired) electrons. The van der Waals surface area contributed by atoms with Gasteiger partial charge in [0.25, 0.3) is 0 Å². The van der Waals surface area contributed by atoms with E-state index < -0.39 is 5.97 Å². The maximum absolute atomic E-state index is 11.5. The van der Waals surface area contributed by atoms with Crippen LogP contribution in [-0.2, 0) is 16.1 Å². The van der Waals surface area contributed by atoms with Gasteiger partial charge in [-0.15, -0.1) is 0 Å². The van der Waals surface area contributed by atoms with Crippen molar-refractivity contribution >= 4 is 11.9 Å². The highest BCUT2D eigenvalue weighted by atomic mass is 16.5. The van der Waals surface area contributed by atoms with Crippen molar-refractivity contribution in [1.82, 2.24) is 5.32 Å². The van der Waals surface area contributed by atoms with Gasteiger partial charge in [-0.2, -0.15) is 0 Å². The van der Waals surface area contributed by atoms with E-state index in [0.29, 0.717) is 24.7 Å². The van der Waals surface area contributed by atoms with E-state index in [0.717, 1.165) is 18.4 Å². The van der Waals surface area contributed by atoms with Crippen LogP contribution in [0.15, 0.2) is 18.2 Å². The minimum atomic E-state index is -0.981. The molecule has 0 spiro atoms. The smallest absolute Gasteiger partial charge is 0.303 e. The molecule has 1 aromatic carbocycles. The normalized spacial score (nSPS) is 10.1. The van der Waals surface area contributed by atoms with Crippen molar-refractivity contribution < 1.29 is 24.2 Å². The van der Waals surface area contributed by atoms with Crippen LogP contribution in [0.4, 0.5) is 0 Å². The molecule has 0 aliphatic rings. The number of ether oxygens (including phenoxy) is 2. The Bertz CT molecular complexity index is 501. The van der Waals surface area contributed by atoms with Gasteiger partial charge in [0.15, 0.2) is 11.5 Å². The third kappa shape index (κ3) is 6.47. The van der Waals surface area contributed by atoms with Crippen molar-refractivity contribution in [3.63, 3.8) is 0 Å². The molecular weight excluding hydrogens is 286 g/mol. The molecule has 0 saturated heterocycles. The zero-order valence-electron chi connectivity index (χ0n) is 13.1. The number of carboxylic acid groups (broad SMARTS) is 1. The molecule has 122 valence electrons. The van der Waals surface area contributed by atoms with Crippen molar-refractivity contribution in [3.8, 4) is 11.5 Å². The molecular formula is C16H23NO5. The Morgan fingerprint density at radius 3 is 2.64 bits per heavy atom. The monoisotopic (exact) mass is 309 g/mol. The van der Waals surface area contributed by atoms with Crippen LogP contribution < -0.4 is 14.8 Å². The second-order valence-corrected chi connectivity index (χ2v) is 4.86. The fraction of sp³-hybridized carbons (Fsp3) is 0.500. The number of nitrogens with one attached hydrogen (secondary N) is 1. The highest BCUT2D eigenvalue weighted by molar-refractivity contribution is 5.80. The van der Waals surface area contributed by atoms with Gasteiger partial charge in [-0.1, -0.05) is 19.4 Å². The lowest BCUT2D eigenvalue weighted by Crippen LogP contribution is -2.23. The number of methoxy groups -OCH3 is 1. The molecule has 1 aromatic rings. The van der Waals surface area contributed by atoms with E-state index in [-0.39, 0.29) is 18.7 Å². The third-order valence-corrected chi connectivity index (χ3v) is 3.04. The first-order valence-corrected chi connectivity index (χ1v) is 7.35. The topological polar surface area (TPSA) is 84.9 Å². The predicted molar refractivity (Wildman–Crippen MR) is 82.1 cm³/mol. The van der Waals surface area contributed by atoms with Gasteiger partial charge >= 0.3 is 5.97 Å². The lowest BCUT2D eigenvalue weighted by atomic mass is 10.2. The van der Waals surface area contributed by atoms with Gasteiger partial charge in [-0.3, -0.25) is 9.59 Å². The summed E-state index contributed by atoms with van der Waals surface area (Å²) in [5.41, 5.74) is 0.864. The second kappa shape index (κ2) is 9.65. The Hall–Kier alpha value is -2.24. The highest BCUT2D eigenvalue weighted by Gasteiger charge is 2.08. The van der Waals surface area contributed by atoms with Gasteiger partial charge in [0.05, 0.1) is 20.1 Å². The van der Waals surface area contributed by atoms with E-state index in [1.807, 2.05) is 12.1 Å². The van der Waals surface area contributed by atoms with Crippen molar-refractivity contribution in [2.24, 2.45) is 0 Å². The van der Waals surface area contributed by atoms with Crippen molar-refractivity contribution in [2.45, 2.75) is 39.2 Å². The average Bonchev–Trinajstić information content (AvgIpc) is 2.51. The highest BCUT2D eigenvalue weighted by Crippen LogP contribution is 2.28. The van der Waals surface area contributed by atoms with Gasteiger partial charge in [0.1, 0.15) is 0 Å². The predicted octanol–water partition coefficient (Wildman–Crippen LogP) is 2.36. The third-order valence-electron chi connectivity index (χ3n) is 3.04. The van der Waals surface area contributed by atoms with Crippen LogP contribution in [0.25, 0.3) is 0 Å². The Morgan fingerprint density at radius 2 is 2.00 bits per heavy atom. The molecule has 0 fully saturated rings. The Kier molecular flexibility index (Phi) is 7.81. The zero-order chi connectivity index (χ0) is 16.4. The van der Waals surface area contributed by atoms with Crippen LogP contribution in [0, 0.1) is 0 Å². The van der Waals surface area contributed by atoms with Gasteiger partial charge < -0.3 is 19.9 Å². The zero-order valence-corrected chi connectivity index (χ0v) is 13.1. The molecule has 6 nitrogen and oxygen atoms in total. The molecule has 0 atom stereocenters.